The minimum absolute atomic E-state index is 0. The maximum atomic E-state index is 14.6. The van der Waals surface area contributed by atoms with Crippen LogP contribution in [0.1, 0.15) is 36.6 Å². The van der Waals surface area contributed by atoms with E-state index in [0.29, 0.717) is 31.8 Å². The second-order valence-corrected chi connectivity index (χ2v) is 8.71. The largest absolute Gasteiger partial charge is 0.383 e. The van der Waals surface area contributed by atoms with E-state index >= 15 is 0 Å². The van der Waals surface area contributed by atoms with E-state index in [1.54, 1.807) is 25.3 Å². The van der Waals surface area contributed by atoms with Gasteiger partial charge in [-0.15, -0.1) is 12.4 Å². The Morgan fingerprint density at radius 3 is 2.81 bits per heavy atom. The number of likely N-dealkylation sites (tertiary alicyclic amines) is 1. The van der Waals surface area contributed by atoms with Crippen LogP contribution in [0.2, 0.25) is 0 Å². The van der Waals surface area contributed by atoms with Crippen molar-refractivity contribution in [1.82, 2.24) is 14.7 Å². The smallest absolute Gasteiger partial charge is 0.157 e. The molecule has 1 aliphatic carbocycles. The number of methoxy groups -OCH3 is 1. The van der Waals surface area contributed by atoms with Crippen LogP contribution in [0, 0.1) is 11.7 Å². The first kappa shape index (κ1) is 24.0. The number of aromatic nitrogens is 2. The fraction of sp³-hybridized carbons (Fsp3) is 0.478. The molecular formula is C23H29ClFN3O2S. The zero-order chi connectivity index (χ0) is 21.1. The third kappa shape index (κ3) is 5.77. The van der Waals surface area contributed by atoms with Crippen molar-refractivity contribution in [3.63, 3.8) is 0 Å². The van der Waals surface area contributed by atoms with Crippen LogP contribution in [-0.4, -0.2) is 52.5 Å². The summed E-state index contributed by atoms with van der Waals surface area (Å²) in [7, 11) is 1.67. The SMILES string of the molecule is COCCn1ccc(C=C2CN(C(C(=O)C3CC3)c3ccccc3F)CCC2S)n1.Cl. The van der Waals surface area contributed by atoms with Gasteiger partial charge >= 0.3 is 0 Å². The van der Waals surface area contributed by atoms with Gasteiger partial charge in [0.2, 0.25) is 0 Å². The molecule has 0 N–H and O–H groups in total. The van der Waals surface area contributed by atoms with Crippen LogP contribution in [-0.2, 0) is 16.1 Å². The molecule has 2 aromatic rings. The summed E-state index contributed by atoms with van der Waals surface area (Å²) in [6, 6.07) is 8.09. The van der Waals surface area contributed by atoms with Gasteiger partial charge in [-0.1, -0.05) is 18.2 Å². The molecule has 1 aromatic heterocycles. The first-order valence-corrected chi connectivity index (χ1v) is 11.0. The van der Waals surface area contributed by atoms with E-state index in [0.717, 1.165) is 30.5 Å². The molecule has 1 saturated heterocycles. The second kappa shape index (κ2) is 10.8. The minimum Gasteiger partial charge on any atom is -0.383 e. The average molecular weight is 466 g/mol. The molecule has 168 valence electrons. The molecule has 8 heteroatoms. The summed E-state index contributed by atoms with van der Waals surface area (Å²) in [6.07, 6.45) is 6.61. The highest BCUT2D eigenvalue weighted by Crippen LogP contribution is 2.39. The van der Waals surface area contributed by atoms with Crippen molar-refractivity contribution in [3.8, 4) is 0 Å². The number of piperidine rings is 1. The monoisotopic (exact) mass is 465 g/mol. The number of hydrogen-bond acceptors (Lipinski definition) is 5. The second-order valence-electron chi connectivity index (χ2n) is 8.09. The first-order chi connectivity index (χ1) is 14.6. The fourth-order valence-corrected chi connectivity index (χ4v) is 4.30. The number of Topliss-reactive ketones (excluding diaryl/α,β-unsaturated/α-hetero) is 1. The molecular weight excluding hydrogens is 437 g/mol. The van der Waals surface area contributed by atoms with E-state index in [9.17, 15) is 9.18 Å². The van der Waals surface area contributed by atoms with Crippen molar-refractivity contribution in [2.75, 3.05) is 26.8 Å². The van der Waals surface area contributed by atoms with E-state index in [4.69, 9.17) is 17.4 Å². The summed E-state index contributed by atoms with van der Waals surface area (Å²) in [5.41, 5.74) is 2.44. The number of rotatable bonds is 8. The Balaban J connectivity index is 0.00000272. The Morgan fingerprint density at radius 1 is 1.32 bits per heavy atom. The third-order valence-electron chi connectivity index (χ3n) is 5.84. The Kier molecular flexibility index (Phi) is 8.33. The Hall–Kier alpha value is -1.67. The summed E-state index contributed by atoms with van der Waals surface area (Å²) in [5.74, 6) is -0.111. The highest BCUT2D eigenvalue weighted by atomic mass is 35.5. The number of thiol groups is 1. The summed E-state index contributed by atoms with van der Waals surface area (Å²) >= 11 is 4.76. The molecule has 2 atom stereocenters. The van der Waals surface area contributed by atoms with Crippen LogP contribution in [0.3, 0.4) is 0 Å². The van der Waals surface area contributed by atoms with E-state index < -0.39 is 6.04 Å². The molecule has 1 saturated carbocycles. The van der Waals surface area contributed by atoms with Crippen molar-refractivity contribution in [2.45, 2.75) is 37.1 Å². The number of benzene rings is 1. The lowest BCUT2D eigenvalue weighted by molar-refractivity contribution is -0.126. The van der Waals surface area contributed by atoms with Gasteiger partial charge in [-0.2, -0.15) is 17.7 Å². The highest BCUT2D eigenvalue weighted by molar-refractivity contribution is 7.81. The van der Waals surface area contributed by atoms with Crippen molar-refractivity contribution < 1.29 is 13.9 Å². The molecule has 1 aliphatic heterocycles. The number of carbonyl (C=O) groups excluding carboxylic acids is 1. The predicted molar refractivity (Wildman–Crippen MR) is 125 cm³/mol. The molecule has 0 bridgehead atoms. The van der Waals surface area contributed by atoms with Gasteiger partial charge in [0.25, 0.3) is 0 Å². The van der Waals surface area contributed by atoms with Gasteiger partial charge in [0, 0.05) is 43.1 Å². The molecule has 1 aromatic carbocycles. The van der Waals surface area contributed by atoms with Gasteiger partial charge in [-0.05, 0) is 43.0 Å². The summed E-state index contributed by atoms with van der Waals surface area (Å²) in [4.78, 5) is 15.2. The van der Waals surface area contributed by atoms with Gasteiger partial charge in [0.05, 0.1) is 24.9 Å². The van der Waals surface area contributed by atoms with Gasteiger partial charge in [-0.25, -0.2) is 4.39 Å². The quantitative estimate of drug-likeness (QED) is 0.593. The molecule has 5 nitrogen and oxygen atoms in total. The topological polar surface area (TPSA) is 47.4 Å². The summed E-state index contributed by atoms with van der Waals surface area (Å²) in [6.45, 7) is 2.59. The van der Waals surface area contributed by atoms with Gasteiger partial charge in [-0.3, -0.25) is 14.4 Å². The molecule has 4 rings (SSSR count). The molecule has 0 amide bonds. The average Bonchev–Trinajstić information content (AvgIpc) is 3.50. The zero-order valence-electron chi connectivity index (χ0n) is 17.6. The molecule has 0 radical (unpaired) electrons. The first-order valence-electron chi connectivity index (χ1n) is 10.5. The van der Waals surface area contributed by atoms with Gasteiger partial charge in [0.15, 0.2) is 5.78 Å². The fourth-order valence-electron chi connectivity index (χ4n) is 4.03. The molecule has 2 aliphatic rings. The molecule has 31 heavy (non-hydrogen) atoms. The summed E-state index contributed by atoms with van der Waals surface area (Å²) < 4.78 is 21.6. The third-order valence-corrected chi connectivity index (χ3v) is 6.43. The van der Waals surface area contributed by atoms with Crippen LogP contribution in [0.5, 0.6) is 0 Å². The normalized spacial score (nSPS) is 21.6. The number of ether oxygens (including phenoxy) is 1. The summed E-state index contributed by atoms with van der Waals surface area (Å²) in [5, 5.41) is 4.67. The predicted octanol–water partition coefficient (Wildman–Crippen LogP) is 4.20. The van der Waals surface area contributed by atoms with Crippen LogP contribution in [0.25, 0.3) is 6.08 Å². The lowest BCUT2D eigenvalue weighted by Gasteiger charge is -2.37. The standard InChI is InChI=1S/C23H28FN3O2S.ClH/c1-29-13-12-27-11-8-18(25-27)14-17-15-26(10-9-21(17)30)22(23(28)16-6-7-16)19-4-2-3-5-20(19)24;/h2-5,8,11,14,16,21-22,30H,6-7,9-10,12-13,15H2,1H3;1H. The number of carbonyl (C=O) groups is 1. The van der Waals surface area contributed by atoms with E-state index in [-0.39, 0.29) is 35.2 Å². The molecule has 2 unspecified atom stereocenters. The minimum atomic E-state index is -0.540. The molecule has 2 fully saturated rings. The zero-order valence-corrected chi connectivity index (χ0v) is 19.3. The van der Waals surface area contributed by atoms with Crippen LogP contribution in [0.15, 0.2) is 42.1 Å². The Morgan fingerprint density at radius 2 is 2.10 bits per heavy atom. The van der Waals surface area contributed by atoms with E-state index in [2.05, 4.69) is 10.00 Å². The van der Waals surface area contributed by atoms with Crippen LogP contribution >= 0.6 is 25.0 Å². The molecule has 2 heterocycles. The Labute approximate surface area is 194 Å². The maximum absolute atomic E-state index is 14.6. The van der Waals surface area contributed by atoms with Crippen molar-refractivity contribution in [2.24, 2.45) is 5.92 Å². The lowest BCUT2D eigenvalue weighted by Crippen LogP contribution is -2.42. The molecule has 0 spiro atoms. The number of ketones is 1. The lowest BCUT2D eigenvalue weighted by atomic mass is 9.93. The van der Waals surface area contributed by atoms with Crippen LogP contribution < -0.4 is 0 Å². The number of hydrogen-bond donors (Lipinski definition) is 1. The van der Waals surface area contributed by atoms with Gasteiger partial charge in [0.1, 0.15) is 5.82 Å². The van der Waals surface area contributed by atoms with Crippen molar-refractivity contribution in [1.29, 1.82) is 0 Å². The van der Waals surface area contributed by atoms with Crippen LogP contribution in [0.4, 0.5) is 4.39 Å². The maximum Gasteiger partial charge on any atom is 0.157 e. The van der Waals surface area contributed by atoms with E-state index in [1.165, 1.54) is 6.07 Å². The highest BCUT2D eigenvalue weighted by Gasteiger charge is 2.40. The number of halogens is 2. The van der Waals surface area contributed by atoms with Crippen molar-refractivity contribution >= 4 is 36.9 Å². The van der Waals surface area contributed by atoms with Crippen molar-refractivity contribution in [3.05, 3.63) is 59.2 Å². The number of nitrogens with zero attached hydrogens (tertiary/aromatic N) is 3. The Bertz CT molecular complexity index is 931. The van der Waals surface area contributed by atoms with Gasteiger partial charge < -0.3 is 4.74 Å². The van der Waals surface area contributed by atoms with E-state index in [1.807, 2.05) is 23.0 Å².